The minimum absolute atomic E-state index is 1.13. The van der Waals surface area contributed by atoms with Crippen LogP contribution in [0.5, 0.6) is 0 Å². The minimum Gasteiger partial charge on any atom is -0.262 e. The molecule has 0 aromatic carbocycles. The molecule has 130 valence electrons. The van der Waals surface area contributed by atoms with E-state index in [4.69, 9.17) is 0 Å². The van der Waals surface area contributed by atoms with Gasteiger partial charge in [-0.1, -0.05) is 38.5 Å². The van der Waals surface area contributed by atoms with Crippen LogP contribution < -0.4 is 0 Å². The molecular formula is C22H32N2. The smallest absolute Gasteiger partial charge is 0.0375 e. The van der Waals surface area contributed by atoms with Gasteiger partial charge in [-0.15, -0.1) is 0 Å². The number of pyridine rings is 2. The standard InChI is InChI=1S/C22H32N2/c1-19-17-21(13-15-23-19)11-9-7-5-3-4-6-8-10-12-22-14-16-24-20(2)18-22/h13-18H,3-12H2,1-2H3. The number of unbranched alkanes of at least 4 members (excludes halogenated alkanes) is 7. The Morgan fingerprint density at radius 3 is 1.33 bits per heavy atom. The zero-order valence-corrected chi connectivity index (χ0v) is 15.4. The Kier molecular flexibility index (Phi) is 8.51. The van der Waals surface area contributed by atoms with Crippen LogP contribution in [0.15, 0.2) is 36.7 Å². The second-order valence-electron chi connectivity index (χ2n) is 6.94. The van der Waals surface area contributed by atoms with Crippen molar-refractivity contribution in [2.75, 3.05) is 0 Å². The quantitative estimate of drug-likeness (QED) is 0.474. The Balaban J connectivity index is 1.42. The van der Waals surface area contributed by atoms with Gasteiger partial charge < -0.3 is 0 Å². The summed E-state index contributed by atoms with van der Waals surface area (Å²) in [5, 5.41) is 0. The summed E-state index contributed by atoms with van der Waals surface area (Å²) in [7, 11) is 0. The molecular weight excluding hydrogens is 292 g/mol. The van der Waals surface area contributed by atoms with Gasteiger partial charge in [-0.25, -0.2) is 0 Å². The van der Waals surface area contributed by atoms with Crippen molar-refractivity contribution in [2.45, 2.75) is 78.1 Å². The highest BCUT2D eigenvalue weighted by Crippen LogP contribution is 2.13. The normalized spacial score (nSPS) is 10.9. The molecule has 2 nitrogen and oxygen atoms in total. The van der Waals surface area contributed by atoms with Gasteiger partial charge in [-0.2, -0.15) is 0 Å². The van der Waals surface area contributed by atoms with Crippen molar-refractivity contribution in [1.29, 1.82) is 0 Å². The molecule has 0 aliphatic heterocycles. The van der Waals surface area contributed by atoms with Crippen LogP contribution in [0.25, 0.3) is 0 Å². The maximum atomic E-state index is 4.25. The van der Waals surface area contributed by atoms with Crippen molar-refractivity contribution in [1.82, 2.24) is 9.97 Å². The van der Waals surface area contributed by atoms with Gasteiger partial charge in [-0.05, 0) is 74.9 Å². The van der Waals surface area contributed by atoms with Gasteiger partial charge in [0, 0.05) is 23.8 Å². The zero-order chi connectivity index (χ0) is 17.0. The molecule has 2 heterocycles. The van der Waals surface area contributed by atoms with Crippen LogP contribution in [0.4, 0.5) is 0 Å². The van der Waals surface area contributed by atoms with Crippen LogP contribution >= 0.6 is 0 Å². The molecule has 0 bridgehead atoms. The van der Waals surface area contributed by atoms with E-state index in [1.54, 1.807) is 0 Å². The first-order valence-corrected chi connectivity index (χ1v) is 9.57. The first-order chi connectivity index (χ1) is 11.7. The van der Waals surface area contributed by atoms with Crippen LogP contribution in [-0.4, -0.2) is 9.97 Å². The van der Waals surface area contributed by atoms with Crippen LogP contribution in [0.2, 0.25) is 0 Å². The monoisotopic (exact) mass is 324 g/mol. The molecule has 0 saturated heterocycles. The average molecular weight is 325 g/mol. The lowest BCUT2D eigenvalue weighted by Crippen LogP contribution is -1.90. The van der Waals surface area contributed by atoms with Crippen LogP contribution in [0, 0.1) is 13.8 Å². The van der Waals surface area contributed by atoms with Crippen LogP contribution in [0.1, 0.15) is 73.9 Å². The second kappa shape index (κ2) is 11.0. The lowest BCUT2D eigenvalue weighted by atomic mass is 10.0. The van der Waals surface area contributed by atoms with Crippen molar-refractivity contribution < 1.29 is 0 Å². The predicted octanol–water partition coefficient (Wildman–Crippen LogP) is 6.00. The Morgan fingerprint density at radius 2 is 0.958 bits per heavy atom. The summed E-state index contributed by atoms with van der Waals surface area (Å²) < 4.78 is 0. The largest absolute Gasteiger partial charge is 0.262 e. The van der Waals surface area contributed by atoms with E-state index in [1.165, 1.54) is 75.3 Å². The lowest BCUT2D eigenvalue weighted by Gasteiger charge is -2.04. The summed E-state index contributed by atoms with van der Waals surface area (Å²) in [4.78, 5) is 8.51. The molecule has 0 saturated carbocycles. The summed E-state index contributed by atoms with van der Waals surface area (Å²) >= 11 is 0. The van der Waals surface area contributed by atoms with Gasteiger partial charge in [0.15, 0.2) is 0 Å². The third-order valence-corrected chi connectivity index (χ3v) is 4.60. The first kappa shape index (κ1) is 18.6. The number of hydrogen-bond donors (Lipinski definition) is 0. The molecule has 0 radical (unpaired) electrons. The fourth-order valence-electron chi connectivity index (χ4n) is 3.24. The van der Waals surface area contributed by atoms with E-state index in [0.29, 0.717) is 0 Å². The Hall–Kier alpha value is -1.70. The Morgan fingerprint density at radius 1 is 0.583 bits per heavy atom. The first-order valence-electron chi connectivity index (χ1n) is 9.57. The molecule has 2 aromatic heterocycles. The summed E-state index contributed by atoms with van der Waals surface area (Å²) in [5.41, 5.74) is 5.14. The van der Waals surface area contributed by atoms with Crippen molar-refractivity contribution in [3.8, 4) is 0 Å². The van der Waals surface area contributed by atoms with Gasteiger partial charge in [0.25, 0.3) is 0 Å². The minimum atomic E-state index is 1.13. The fraction of sp³-hybridized carbons (Fsp3) is 0.545. The third-order valence-electron chi connectivity index (χ3n) is 4.60. The molecule has 2 rings (SSSR count). The van der Waals surface area contributed by atoms with Gasteiger partial charge >= 0.3 is 0 Å². The predicted molar refractivity (Wildman–Crippen MR) is 102 cm³/mol. The van der Waals surface area contributed by atoms with E-state index < -0.39 is 0 Å². The molecule has 0 amide bonds. The van der Waals surface area contributed by atoms with Crippen molar-refractivity contribution in [3.63, 3.8) is 0 Å². The molecule has 0 aliphatic rings. The van der Waals surface area contributed by atoms with Crippen LogP contribution in [-0.2, 0) is 12.8 Å². The van der Waals surface area contributed by atoms with Crippen molar-refractivity contribution in [2.24, 2.45) is 0 Å². The van der Waals surface area contributed by atoms with Gasteiger partial charge in [0.05, 0.1) is 0 Å². The van der Waals surface area contributed by atoms with Crippen LogP contribution in [0.3, 0.4) is 0 Å². The summed E-state index contributed by atoms with van der Waals surface area (Å²) in [5.74, 6) is 0. The molecule has 0 unspecified atom stereocenters. The molecule has 0 aliphatic carbocycles. The van der Waals surface area contributed by atoms with E-state index in [1.807, 2.05) is 12.4 Å². The molecule has 0 atom stereocenters. The van der Waals surface area contributed by atoms with E-state index in [-0.39, 0.29) is 0 Å². The number of aryl methyl sites for hydroxylation is 4. The maximum Gasteiger partial charge on any atom is 0.0375 e. The lowest BCUT2D eigenvalue weighted by molar-refractivity contribution is 0.567. The second-order valence-corrected chi connectivity index (χ2v) is 6.94. The van der Waals surface area contributed by atoms with Gasteiger partial charge in [-0.3, -0.25) is 9.97 Å². The highest BCUT2D eigenvalue weighted by atomic mass is 14.6. The fourth-order valence-corrected chi connectivity index (χ4v) is 3.24. The van der Waals surface area contributed by atoms with Crippen molar-refractivity contribution >= 4 is 0 Å². The molecule has 0 N–H and O–H groups in total. The Labute approximate surface area is 147 Å². The van der Waals surface area contributed by atoms with E-state index in [9.17, 15) is 0 Å². The topological polar surface area (TPSA) is 25.8 Å². The highest BCUT2D eigenvalue weighted by Gasteiger charge is 1.97. The van der Waals surface area contributed by atoms with Crippen molar-refractivity contribution in [3.05, 3.63) is 59.2 Å². The average Bonchev–Trinajstić information content (AvgIpc) is 2.57. The highest BCUT2D eigenvalue weighted by molar-refractivity contribution is 5.15. The summed E-state index contributed by atoms with van der Waals surface area (Å²) in [6.45, 7) is 4.14. The van der Waals surface area contributed by atoms with E-state index in [0.717, 1.165) is 11.4 Å². The SMILES string of the molecule is Cc1cc(CCCCCCCCCCc2ccnc(C)c2)ccn1. The zero-order valence-electron chi connectivity index (χ0n) is 15.4. The number of aromatic nitrogens is 2. The number of hydrogen-bond acceptors (Lipinski definition) is 2. The number of nitrogens with zero attached hydrogens (tertiary/aromatic N) is 2. The molecule has 2 heteroatoms. The molecule has 24 heavy (non-hydrogen) atoms. The number of rotatable bonds is 11. The van der Waals surface area contributed by atoms with Gasteiger partial charge in [0.2, 0.25) is 0 Å². The van der Waals surface area contributed by atoms with Gasteiger partial charge in [0.1, 0.15) is 0 Å². The summed E-state index contributed by atoms with van der Waals surface area (Å²) in [6.07, 6.45) is 17.2. The summed E-state index contributed by atoms with van der Waals surface area (Å²) in [6, 6.07) is 8.73. The van der Waals surface area contributed by atoms with E-state index in [2.05, 4.69) is 48.1 Å². The Bertz CT molecular complexity index is 539. The molecule has 0 fully saturated rings. The van der Waals surface area contributed by atoms with E-state index >= 15 is 0 Å². The maximum absolute atomic E-state index is 4.25. The molecule has 0 spiro atoms. The molecule has 2 aromatic rings. The third kappa shape index (κ3) is 7.72.